The molecule has 0 unspecified atom stereocenters. The van der Waals surface area contributed by atoms with Crippen LogP contribution in [0.15, 0.2) is 60.7 Å². The summed E-state index contributed by atoms with van der Waals surface area (Å²) in [7, 11) is 0. The molecule has 3 rings (SSSR count). The molecule has 40 heavy (non-hydrogen) atoms. The molecule has 218 valence electrons. The molecule has 1 atom stereocenters. The average Bonchev–Trinajstić information content (AvgIpc) is 2.97. The van der Waals surface area contributed by atoms with Crippen LogP contribution in [0.3, 0.4) is 0 Å². The number of Topliss-reactive ketones (excluding diaryl/α,β-unsaturated/α-hetero) is 1. The van der Waals surface area contributed by atoms with Gasteiger partial charge in [0.25, 0.3) is 0 Å². The zero-order chi connectivity index (χ0) is 28.4. The molecule has 0 N–H and O–H groups in total. The minimum atomic E-state index is 0.242. The third-order valence-corrected chi connectivity index (χ3v) is 7.82. The van der Waals surface area contributed by atoms with Crippen molar-refractivity contribution in [2.75, 3.05) is 6.61 Å². The predicted octanol–water partition coefficient (Wildman–Crippen LogP) is 11.1. The second kappa shape index (κ2) is 18.5. The first kappa shape index (κ1) is 31.7. The van der Waals surface area contributed by atoms with Crippen molar-refractivity contribution in [3.05, 3.63) is 71.8 Å². The number of carbonyl (C=O) groups is 1. The molecule has 0 aliphatic carbocycles. The quantitative estimate of drug-likeness (QED) is 0.0988. The summed E-state index contributed by atoms with van der Waals surface area (Å²) in [5, 5.41) is 2.30. The van der Waals surface area contributed by atoms with E-state index in [1.807, 2.05) is 30.3 Å². The smallest absolute Gasteiger partial charge is 0.163 e. The summed E-state index contributed by atoms with van der Waals surface area (Å²) < 4.78 is 12.1. The number of fused-ring (bicyclic) bond motifs is 1. The Morgan fingerprint density at radius 3 is 1.82 bits per heavy atom. The number of ether oxygens (including phenoxy) is 2. The van der Waals surface area contributed by atoms with Gasteiger partial charge in [0.1, 0.15) is 18.1 Å². The maximum absolute atomic E-state index is 12.7. The van der Waals surface area contributed by atoms with Crippen molar-refractivity contribution < 1.29 is 14.3 Å². The van der Waals surface area contributed by atoms with Crippen LogP contribution in [0.2, 0.25) is 0 Å². The first-order valence-corrected chi connectivity index (χ1v) is 16.0. The Hall–Kier alpha value is -2.81. The third kappa shape index (κ3) is 11.7. The Balaban J connectivity index is 1.39. The maximum Gasteiger partial charge on any atom is 0.163 e. The fourth-order valence-electron chi connectivity index (χ4n) is 5.22. The van der Waals surface area contributed by atoms with Crippen molar-refractivity contribution >= 4 is 16.6 Å². The van der Waals surface area contributed by atoms with Crippen molar-refractivity contribution in [3.63, 3.8) is 0 Å². The number of benzene rings is 3. The zero-order valence-corrected chi connectivity index (χ0v) is 25.4. The van der Waals surface area contributed by atoms with Crippen molar-refractivity contribution in [2.24, 2.45) is 5.92 Å². The van der Waals surface area contributed by atoms with Crippen molar-refractivity contribution in [1.82, 2.24) is 0 Å². The van der Waals surface area contributed by atoms with Crippen LogP contribution in [0.1, 0.15) is 127 Å². The molecule has 0 fully saturated rings. The first-order valence-electron chi connectivity index (χ1n) is 16.0. The van der Waals surface area contributed by atoms with E-state index in [-0.39, 0.29) is 5.78 Å². The van der Waals surface area contributed by atoms with E-state index in [1.165, 1.54) is 70.6 Å². The van der Waals surface area contributed by atoms with Gasteiger partial charge in [0, 0.05) is 12.0 Å². The predicted molar refractivity (Wildman–Crippen MR) is 170 cm³/mol. The van der Waals surface area contributed by atoms with Gasteiger partial charge in [-0.2, -0.15) is 0 Å². The lowest BCUT2D eigenvalue weighted by molar-refractivity contribution is 0.0962. The van der Waals surface area contributed by atoms with Crippen LogP contribution in [0.5, 0.6) is 11.5 Å². The molecule has 0 aromatic heterocycles. The van der Waals surface area contributed by atoms with Crippen LogP contribution in [0.4, 0.5) is 0 Å². The average molecular weight is 545 g/mol. The highest BCUT2D eigenvalue weighted by Crippen LogP contribution is 2.26. The van der Waals surface area contributed by atoms with Gasteiger partial charge >= 0.3 is 0 Å². The molecule has 0 saturated carbocycles. The van der Waals surface area contributed by atoms with Crippen molar-refractivity contribution in [2.45, 2.75) is 117 Å². The summed E-state index contributed by atoms with van der Waals surface area (Å²) in [4.78, 5) is 12.7. The number of carbonyl (C=O) groups excluding carboxylic acids is 1. The SMILES string of the molecule is CCCCCCCCCCOc1ccc2cc(OCc3ccc(C(=O)C[C@H](C)CCCCCC)cc3)ccc2c1. The third-order valence-electron chi connectivity index (χ3n) is 7.82. The van der Waals surface area contributed by atoms with Crippen LogP contribution in [-0.4, -0.2) is 12.4 Å². The number of hydrogen-bond acceptors (Lipinski definition) is 3. The van der Waals surface area contributed by atoms with Crippen LogP contribution in [0.25, 0.3) is 10.8 Å². The molecule has 0 amide bonds. The number of ketones is 1. The summed E-state index contributed by atoms with van der Waals surface area (Å²) in [6, 6.07) is 20.4. The summed E-state index contributed by atoms with van der Waals surface area (Å²) >= 11 is 0. The fourth-order valence-corrected chi connectivity index (χ4v) is 5.22. The fraction of sp³-hybridized carbons (Fsp3) is 0.541. The number of hydrogen-bond donors (Lipinski definition) is 0. The largest absolute Gasteiger partial charge is 0.494 e. The molecular formula is C37H52O3. The van der Waals surface area contributed by atoms with Crippen LogP contribution >= 0.6 is 0 Å². The van der Waals surface area contributed by atoms with Gasteiger partial charge in [-0.25, -0.2) is 0 Å². The monoisotopic (exact) mass is 544 g/mol. The Labute approximate surface area is 243 Å². The van der Waals surface area contributed by atoms with E-state index in [4.69, 9.17) is 9.47 Å². The molecule has 3 nitrogen and oxygen atoms in total. The Morgan fingerprint density at radius 1 is 0.650 bits per heavy atom. The van der Waals surface area contributed by atoms with E-state index >= 15 is 0 Å². The molecule has 0 bridgehead atoms. The molecule has 0 aliphatic rings. The summed E-state index contributed by atoms with van der Waals surface area (Å²) in [5.74, 6) is 2.46. The Bertz CT molecular complexity index is 1120. The lowest BCUT2D eigenvalue weighted by atomic mass is 9.94. The second-order valence-electron chi connectivity index (χ2n) is 11.6. The molecule has 0 radical (unpaired) electrons. The van der Waals surface area contributed by atoms with Gasteiger partial charge in [-0.3, -0.25) is 4.79 Å². The van der Waals surface area contributed by atoms with Gasteiger partial charge in [-0.1, -0.05) is 134 Å². The van der Waals surface area contributed by atoms with Gasteiger partial charge in [-0.05, 0) is 52.9 Å². The Morgan fingerprint density at radius 2 is 1.20 bits per heavy atom. The van der Waals surface area contributed by atoms with Gasteiger partial charge in [0.2, 0.25) is 0 Å². The molecule has 3 aromatic carbocycles. The van der Waals surface area contributed by atoms with E-state index in [1.54, 1.807) is 0 Å². The van der Waals surface area contributed by atoms with E-state index in [0.717, 1.165) is 52.8 Å². The normalized spacial score (nSPS) is 12.0. The maximum atomic E-state index is 12.7. The molecule has 3 heteroatoms. The minimum absolute atomic E-state index is 0.242. The highest BCUT2D eigenvalue weighted by molar-refractivity contribution is 5.96. The lowest BCUT2D eigenvalue weighted by Crippen LogP contribution is -2.06. The molecule has 3 aromatic rings. The van der Waals surface area contributed by atoms with Crippen molar-refractivity contribution in [3.8, 4) is 11.5 Å². The summed E-state index contributed by atoms with van der Waals surface area (Å²) in [5.41, 5.74) is 1.87. The van der Waals surface area contributed by atoms with E-state index in [0.29, 0.717) is 18.9 Å². The van der Waals surface area contributed by atoms with Crippen LogP contribution in [-0.2, 0) is 6.61 Å². The van der Waals surface area contributed by atoms with Gasteiger partial charge in [-0.15, -0.1) is 0 Å². The molecule has 0 spiro atoms. The number of unbranched alkanes of at least 4 members (excludes halogenated alkanes) is 10. The molecule has 0 saturated heterocycles. The first-order chi connectivity index (χ1) is 19.6. The van der Waals surface area contributed by atoms with Gasteiger partial charge in [0.05, 0.1) is 6.61 Å². The van der Waals surface area contributed by atoms with Crippen LogP contribution < -0.4 is 9.47 Å². The second-order valence-corrected chi connectivity index (χ2v) is 11.6. The molecular weight excluding hydrogens is 492 g/mol. The summed E-state index contributed by atoms with van der Waals surface area (Å²) in [6.07, 6.45) is 17.3. The molecule has 0 heterocycles. The van der Waals surface area contributed by atoms with Gasteiger partial charge < -0.3 is 9.47 Å². The minimum Gasteiger partial charge on any atom is -0.494 e. The van der Waals surface area contributed by atoms with Gasteiger partial charge in [0.15, 0.2) is 5.78 Å². The van der Waals surface area contributed by atoms with E-state index in [9.17, 15) is 4.79 Å². The molecule has 0 aliphatic heterocycles. The summed E-state index contributed by atoms with van der Waals surface area (Å²) in [6.45, 7) is 7.95. The topological polar surface area (TPSA) is 35.5 Å². The van der Waals surface area contributed by atoms with Crippen LogP contribution in [0, 0.1) is 5.92 Å². The Kier molecular flexibility index (Phi) is 14.7. The lowest BCUT2D eigenvalue weighted by Gasteiger charge is -2.11. The standard InChI is InChI=1S/C37H52O3/c1-4-6-8-10-11-12-13-15-25-39-35-23-21-34-28-36(24-22-33(34)27-35)40-29-31-17-19-32(20-18-31)37(38)26-30(3)16-14-9-7-5-2/h17-24,27-28,30H,4-16,25-26,29H2,1-3H3/t30-/m1/s1. The van der Waals surface area contributed by atoms with Crippen molar-refractivity contribution in [1.29, 1.82) is 0 Å². The van der Waals surface area contributed by atoms with E-state index < -0.39 is 0 Å². The highest BCUT2D eigenvalue weighted by atomic mass is 16.5. The highest BCUT2D eigenvalue weighted by Gasteiger charge is 2.11. The zero-order valence-electron chi connectivity index (χ0n) is 25.4. The van der Waals surface area contributed by atoms with E-state index in [2.05, 4.69) is 51.1 Å². The number of rotatable bonds is 21.